The number of nitrogens with two attached hydrogens (primary N) is 1. The molecule has 9 heteroatoms. The van der Waals surface area contributed by atoms with Gasteiger partial charge in [0, 0.05) is 34.1 Å². The Balaban J connectivity index is 1.42. The highest BCUT2D eigenvalue weighted by Crippen LogP contribution is 2.31. The highest BCUT2D eigenvalue weighted by Gasteiger charge is 2.24. The first-order chi connectivity index (χ1) is 14.1. The fourth-order valence-electron chi connectivity index (χ4n) is 3.42. The molecule has 29 heavy (non-hydrogen) atoms. The van der Waals surface area contributed by atoms with Crippen molar-refractivity contribution >= 4 is 28.4 Å². The lowest BCUT2D eigenvalue weighted by Gasteiger charge is -2.21. The molecule has 0 saturated carbocycles. The molecule has 4 N–H and O–H groups in total. The Bertz CT molecular complexity index is 1240. The second kappa shape index (κ2) is 7.02. The van der Waals surface area contributed by atoms with Crippen molar-refractivity contribution in [3.05, 3.63) is 82.7 Å². The standard InChI is InChI=1S/C20H16F2N6S/c21-12-5-6-14(15(22)8-12)18-10-29-20-26-25-19(28(20)27-18)16(23)7-11-9-24-17-4-2-1-3-13(11)17/h1-6,8-10,16,24,27H,7,23H2/t16-/m0/s1. The number of aromatic amines is 1. The van der Waals surface area contributed by atoms with E-state index in [0.29, 0.717) is 23.1 Å². The summed E-state index contributed by atoms with van der Waals surface area (Å²) in [6.07, 6.45) is 2.50. The minimum atomic E-state index is -0.648. The van der Waals surface area contributed by atoms with E-state index < -0.39 is 17.7 Å². The van der Waals surface area contributed by atoms with Crippen molar-refractivity contribution < 1.29 is 8.78 Å². The first-order valence-electron chi connectivity index (χ1n) is 8.95. The molecule has 1 atom stereocenters. The number of fused-ring (bicyclic) bond motifs is 2. The number of nitrogens with zero attached hydrogens (tertiary/aromatic N) is 3. The summed E-state index contributed by atoms with van der Waals surface area (Å²) in [5.41, 5.74) is 12.4. The quantitative estimate of drug-likeness (QED) is 0.475. The van der Waals surface area contributed by atoms with Gasteiger partial charge in [0.05, 0.1) is 11.7 Å². The minimum Gasteiger partial charge on any atom is -0.361 e. The maximum atomic E-state index is 14.2. The van der Waals surface area contributed by atoms with Gasteiger partial charge in [0.15, 0.2) is 5.82 Å². The molecule has 6 nitrogen and oxygen atoms in total. The fourth-order valence-corrected chi connectivity index (χ4v) is 4.16. The van der Waals surface area contributed by atoms with E-state index in [0.717, 1.165) is 22.5 Å². The number of aromatic nitrogens is 4. The molecule has 1 aliphatic rings. The van der Waals surface area contributed by atoms with Crippen LogP contribution in [0.4, 0.5) is 8.78 Å². The van der Waals surface area contributed by atoms with Gasteiger partial charge in [-0.1, -0.05) is 30.0 Å². The summed E-state index contributed by atoms with van der Waals surface area (Å²) in [6, 6.07) is 11.0. The number of hydrogen-bond acceptors (Lipinski definition) is 5. The molecule has 0 aliphatic carbocycles. The largest absolute Gasteiger partial charge is 0.361 e. The topological polar surface area (TPSA) is 84.6 Å². The van der Waals surface area contributed by atoms with Crippen molar-refractivity contribution in [2.24, 2.45) is 5.73 Å². The third-order valence-electron chi connectivity index (χ3n) is 4.84. The maximum Gasteiger partial charge on any atom is 0.214 e. The van der Waals surface area contributed by atoms with Crippen molar-refractivity contribution in [3.63, 3.8) is 0 Å². The second-order valence-electron chi connectivity index (χ2n) is 6.73. The van der Waals surface area contributed by atoms with Gasteiger partial charge in [0.25, 0.3) is 0 Å². The van der Waals surface area contributed by atoms with Gasteiger partial charge in [-0.3, -0.25) is 5.43 Å². The van der Waals surface area contributed by atoms with E-state index in [-0.39, 0.29) is 5.56 Å². The Morgan fingerprint density at radius 3 is 2.86 bits per heavy atom. The van der Waals surface area contributed by atoms with Crippen LogP contribution in [0.1, 0.15) is 23.0 Å². The number of nitrogens with one attached hydrogen (secondary N) is 2. The highest BCUT2D eigenvalue weighted by atomic mass is 32.2. The zero-order valence-electron chi connectivity index (χ0n) is 15.1. The van der Waals surface area contributed by atoms with E-state index in [9.17, 15) is 8.78 Å². The summed E-state index contributed by atoms with van der Waals surface area (Å²) in [5.74, 6) is -0.738. The number of H-pyrrole nitrogens is 1. The molecule has 2 aromatic heterocycles. The van der Waals surface area contributed by atoms with Gasteiger partial charge in [0.1, 0.15) is 11.6 Å². The summed E-state index contributed by atoms with van der Waals surface area (Å²) in [7, 11) is 0. The molecule has 5 rings (SSSR count). The molecular weight excluding hydrogens is 394 g/mol. The molecule has 146 valence electrons. The summed E-state index contributed by atoms with van der Waals surface area (Å²) in [4.78, 5) is 3.24. The van der Waals surface area contributed by atoms with Crippen molar-refractivity contribution in [2.75, 3.05) is 5.43 Å². The monoisotopic (exact) mass is 410 g/mol. The summed E-state index contributed by atoms with van der Waals surface area (Å²) in [6.45, 7) is 0. The first kappa shape index (κ1) is 17.9. The zero-order valence-corrected chi connectivity index (χ0v) is 15.9. The van der Waals surface area contributed by atoms with Crippen molar-refractivity contribution in [3.8, 4) is 0 Å². The van der Waals surface area contributed by atoms with Crippen molar-refractivity contribution in [1.29, 1.82) is 0 Å². The zero-order chi connectivity index (χ0) is 20.0. The van der Waals surface area contributed by atoms with E-state index >= 15 is 0 Å². The van der Waals surface area contributed by atoms with Crippen LogP contribution in [0.25, 0.3) is 16.6 Å². The van der Waals surface area contributed by atoms with Gasteiger partial charge in [-0.25, -0.2) is 13.5 Å². The Labute approximate surface area is 168 Å². The lowest BCUT2D eigenvalue weighted by atomic mass is 10.1. The predicted molar refractivity (Wildman–Crippen MR) is 109 cm³/mol. The normalized spacial score (nSPS) is 14.4. The van der Waals surface area contributed by atoms with E-state index in [1.54, 1.807) is 10.1 Å². The third-order valence-corrected chi connectivity index (χ3v) is 5.67. The number of hydrogen-bond donors (Lipinski definition) is 3. The van der Waals surface area contributed by atoms with Crippen LogP contribution in [0.3, 0.4) is 0 Å². The van der Waals surface area contributed by atoms with E-state index in [4.69, 9.17) is 5.73 Å². The average molecular weight is 410 g/mol. The van der Waals surface area contributed by atoms with Crippen LogP contribution < -0.4 is 11.2 Å². The molecule has 0 amide bonds. The van der Waals surface area contributed by atoms with Gasteiger partial charge in [-0.05, 0) is 30.2 Å². The second-order valence-corrected chi connectivity index (χ2v) is 7.57. The smallest absolute Gasteiger partial charge is 0.214 e. The minimum absolute atomic E-state index is 0.259. The predicted octanol–water partition coefficient (Wildman–Crippen LogP) is 3.93. The van der Waals surface area contributed by atoms with Crippen molar-refractivity contribution in [2.45, 2.75) is 17.6 Å². The van der Waals surface area contributed by atoms with Gasteiger partial charge in [0.2, 0.25) is 5.16 Å². The van der Waals surface area contributed by atoms with Crippen LogP contribution in [0.2, 0.25) is 0 Å². The van der Waals surface area contributed by atoms with Gasteiger partial charge in [-0.15, -0.1) is 10.2 Å². The average Bonchev–Trinajstić information content (AvgIpc) is 3.32. The number of benzene rings is 2. The Kier molecular flexibility index (Phi) is 4.33. The summed E-state index contributed by atoms with van der Waals surface area (Å²) < 4.78 is 29.1. The van der Waals surface area contributed by atoms with Crippen LogP contribution >= 0.6 is 11.8 Å². The number of para-hydroxylation sites is 1. The number of halogens is 2. The number of thioether (sulfide) groups is 1. The Morgan fingerprint density at radius 2 is 2.00 bits per heavy atom. The van der Waals surface area contributed by atoms with Gasteiger partial charge >= 0.3 is 0 Å². The van der Waals surface area contributed by atoms with Crippen LogP contribution in [-0.4, -0.2) is 19.9 Å². The molecule has 0 spiro atoms. The molecule has 0 radical (unpaired) electrons. The highest BCUT2D eigenvalue weighted by molar-refractivity contribution is 8.02. The Hall–Kier alpha value is -3.17. The van der Waals surface area contributed by atoms with Crippen molar-refractivity contribution in [1.82, 2.24) is 19.9 Å². The van der Waals surface area contributed by atoms with E-state index in [1.165, 1.54) is 23.9 Å². The molecule has 2 aromatic carbocycles. The molecule has 0 fully saturated rings. The summed E-state index contributed by atoms with van der Waals surface area (Å²) in [5, 5.41) is 11.8. The molecule has 4 aromatic rings. The first-order valence-corrected chi connectivity index (χ1v) is 9.83. The molecule has 0 saturated heterocycles. The Morgan fingerprint density at radius 1 is 1.14 bits per heavy atom. The van der Waals surface area contributed by atoms with Crippen LogP contribution in [-0.2, 0) is 6.42 Å². The van der Waals surface area contributed by atoms with Crippen LogP contribution in [0, 0.1) is 11.6 Å². The van der Waals surface area contributed by atoms with Crippen LogP contribution in [0.5, 0.6) is 0 Å². The SMILES string of the molecule is N[C@@H](Cc1c[nH]c2ccccc12)c1nnc2n1NC(c1ccc(F)cc1F)=CS2. The molecule has 3 heterocycles. The number of rotatable bonds is 4. The van der Waals surface area contributed by atoms with E-state index in [1.807, 2.05) is 30.5 Å². The molecule has 0 bridgehead atoms. The maximum absolute atomic E-state index is 14.2. The van der Waals surface area contributed by atoms with Gasteiger partial charge in [-0.2, -0.15) is 0 Å². The lowest BCUT2D eigenvalue weighted by Crippen LogP contribution is -2.25. The van der Waals surface area contributed by atoms with Gasteiger partial charge < -0.3 is 10.7 Å². The van der Waals surface area contributed by atoms with Crippen LogP contribution in [0.15, 0.2) is 59.2 Å². The molecular formula is C20H16F2N6S. The summed E-state index contributed by atoms with van der Waals surface area (Å²) >= 11 is 1.30. The molecule has 0 unspecified atom stereocenters. The fraction of sp³-hybridized carbons (Fsp3) is 0.100. The lowest BCUT2D eigenvalue weighted by molar-refractivity contribution is 0.580. The van der Waals surface area contributed by atoms with E-state index in [2.05, 4.69) is 20.6 Å². The molecule has 1 aliphatic heterocycles. The third kappa shape index (κ3) is 3.18.